The molecule has 0 aromatic carbocycles. The molecule has 0 aromatic rings. The van der Waals surface area contributed by atoms with E-state index < -0.39 is 13.9 Å². The molecular formula is C52H100NO7P. The van der Waals surface area contributed by atoms with Gasteiger partial charge in [0.2, 0.25) is 0 Å². The van der Waals surface area contributed by atoms with Crippen LogP contribution in [0, 0.1) is 0 Å². The SMILES string of the molecule is CCCCCCC/C=C\C/C=C\C/C=C\CCCCCCCCCOCC(COP(=O)(O)OCCN)OC(=O)CCCCCCCCCCCCCCCCCCCCCC. The maximum Gasteiger partial charge on any atom is 0.472 e. The van der Waals surface area contributed by atoms with Gasteiger partial charge in [0.25, 0.3) is 0 Å². The van der Waals surface area contributed by atoms with Crippen molar-refractivity contribution in [1.29, 1.82) is 0 Å². The first-order valence-electron chi connectivity index (χ1n) is 26.0. The molecule has 0 saturated carbocycles. The molecule has 2 unspecified atom stereocenters. The molecule has 0 aliphatic rings. The van der Waals surface area contributed by atoms with Crippen molar-refractivity contribution in [3.8, 4) is 0 Å². The minimum absolute atomic E-state index is 0.0964. The van der Waals surface area contributed by atoms with Gasteiger partial charge in [0, 0.05) is 19.6 Å². The average Bonchev–Trinajstić information content (AvgIpc) is 3.25. The third-order valence-electron chi connectivity index (χ3n) is 11.3. The Kier molecular flexibility index (Phi) is 48.7. The Morgan fingerprint density at radius 3 is 1.30 bits per heavy atom. The number of phosphoric acid groups is 1. The predicted molar refractivity (Wildman–Crippen MR) is 261 cm³/mol. The fraction of sp³-hybridized carbons (Fsp3) is 0.865. The number of rotatable bonds is 50. The van der Waals surface area contributed by atoms with Gasteiger partial charge in [0.1, 0.15) is 6.10 Å². The lowest BCUT2D eigenvalue weighted by Gasteiger charge is -2.20. The van der Waals surface area contributed by atoms with Crippen molar-refractivity contribution in [2.75, 3.05) is 33.0 Å². The van der Waals surface area contributed by atoms with E-state index in [-0.39, 0.29) is 32.3 Å². The number of hydrogen-bond acceptors (Lipinski definition) is 7. The molecule has 360 valence electrons. The lowest BCUT2D eigenvalue weighted by atomic mass is 10.0. The van der Waals surface area contributed by atoms with Crippen molar-refractivity contribution in [2.24, 2.45) is 5.73 Å². The third kappa shape index (κ3) is 49.6. The maximum atomic E-state index is 12.7. The molecule has 0 radical (unpaired) electrons. The second-order valence-electron chi connectivity index (χ2n) is 17.4. The van der Waals surface area contributed by atoms with Crippen LogP contribution in [0.5, 0.6) is 0 Å². The van der Waals surface area contributed by atoms with Crippen LogP contribution in [0.25, 0.3) is 0 Å². The van der Waals surface area contributed by atoms with E-state index in [4.69, 9.17) is 24.3 Å². The van der Waals surface area contributed by atoms with Gasteiger partial charge in [-0.05, 0) is 51.4 Å². The zero-order chi connectivity index (χ0) is 44.4. The van der Waals surface area contributed by atoms with Crippen LogP contribution in [0.1, 0.15) is 251 Å². The fourth-order valence-corrected chi connectivity index (χ4v) is 8.24. The van der Waals surface area contributed by atoms with Crippen LogP contribution in [0.2, 0.25) is 0 Å². The van der Waals surface area contributed by atoms with Crippen molar-refractivity contribution in [1.82, 2.24) is 0 Å². The van der Waals surface area contributed by atoms with Crippen LogP contribution < -0.4 is 5.73 Å². The zero-order valence-corrected chi connectivity index (χ0v) is 41.1. The minimum Gasteiger partial charge on any atom is -0.457 e. The van der Waals surface area contributed by atoms with E-state index in [2.05, 4.69) is 50.3 Å². The Labute approximate surface area is 378 Å². The number of ether oxygens (including phenoxy) is 2. The maximum absolute atomic E-state index is 12.7. The molecule has 3 N–H and O–H groups in total. The molecule has 2 atom stereocenters. The van der Waals surface area contributed by atoms with Crippen molar-refractivity contribution in [3.63, 3.8) is 0 Å². The summed E-state index contributed by atoms with van der Waals surface area (Å²) >= 11 is 0. The van der Waals surface area contributed by atoms with Gasteiger partial charge in [0.05, 0.1) is 19.8 Å². The summed E-state index contributed by atoms with van der Waals surface area (Å²) in [6.45, 7) is 4.93. The molecular weight excluding hydrogens is 782 g/mol. The van der Waals surface area contributed by atoms with E-state index in [9.17, 15) is 14.3 Å². The van der Waals surface area contributed by atoms with Crippen LogP contribution in [-0.2, 0) is 27.9 Å². The highest BCUT2D eigenvalue weighted by Crippen LogP contribution is 2.43. The summed E-state index contributed by atoms with van der Waals surface area (Å²) in [7, 11) is -4.28. The summed E-state index contributed by atoms with van der Waals surface area (Å²) in [6.07, 6.45) is 58.9. The Morgan fingerprint density at radius 2 is 0.869 bits per heavy atom. The van der Waals surface area contributed by atoms with E-state index in [1.54, 1.807) is 0 Å². The molecule has 9 heteroatoms. The first-order valence-corrected chi connectivity index (χ1v) is 27.5. The number of carbonyl (C=O) groups excluding carboxylic acids is 1. The second-order valence-corrected chi connectivity index (χ2v) is 18.8. The van der Waals surface area contributed by atoms with Gasteiger partial charge < -0.3 is 20.1 Å². The van der Waals surface area contributed by atoms with Crippen LogP contribution >= 0.6 is 7.82 Å². The first-order chi connectivity index (χ1) is 29.9. The Morgan fingerprint density at radius 1 is 0.492 bits per heavy atom. The van der Waals surface area contributed by atoms with Gasteiger partial charge >= 0.3 is 13.8 Å². The fourth-order valence-electron chi connectivity index (χ4n) is 7.48. The molecule has 0 heterocycles. The highest BCUT2D eigenvalue weighted by atomic mass is 31.2. The monoisotopic (exact) mass is 882 g/mol. The molecule has 0 fully saturated rings. The van der Waals surface area contributed by atoms with Gasteiger partial charge in [-0.15, -0.1) is 0 Å². The molecule has 0 spiro atoms. The largest absolute Gasteiger partial charge is 0.472 e. The molecule has 0 saturated heterocycles. The second kappa shape index (κ2) is 49.7. The number of carbonyl (C=O) groups is 1. The van der Waals surface area contributed by atoms with Crippen molar-refractivity contribution < 1.29 is 32.8 Å². The Balaban J connectivity index is 3.94. The smallest absolute Gasteiger partial charge is 0.457 e. The summed E-state index contributed by atoms with van der Waals surface area (Å²) in [6, 6.07) is 0. The van der Waals surface area contributed by atoms with Crippen LogP contribution in [0.3, 0.4) is 0 Å². The molecule has 0 amide bonds. The molecule has 8 nitrogen and oxygen atoms in total. The number of phosphoric ester groups is 1. The first kappa shape index (κ1) is 59.7. The molecule has 0 aliphatic heterocycles. The van der Waals surface area contributed by atoms with Gasteiger partial charge in [-0.25, -0.2) is 4.57 Å². The molecule has 0 aliphatic carbocycles. The van der Waals surface area contributed by atoms with Gasteiger partial charge in [0.15, 0.2) is 0 Å². The Hall–Kier alpha value is -1.28. The number of allylic oxidation sites excluding steroid dienone is 6. The number of unbranched alkanes of at least 4 members (excludes halogenated alkanes) is 31. The van der Waals surface area contributed by atoms with Crippen LogP contribution in [-0.4, -0.2) is 49.9 Å². The standard InChI is InChI=1S/C52H100NO7P/c1-3-5-7-9-11-13-15-17-19-21-23-25-26-28-30-32-34-36-38-40-42-44-47-57-49-51(50-59-61(55,56)58-48-46-53)60-52(54)45-43-41-39-37-35-33-31-29-27-24-22-20-18-16-14-12-10-8-6-4-2/h15,17,21,23,26,28,51H,3-14,16,18-20,22,24-25,27,29-50,53H2,1-2H3,(H,55,56)/b17-15-,23-21-,28-26-. The van der Waals surface area contributed by atoms with Gasteiger partial charge in [-0.3, -0.25) is 13.8 Å². The van der Waals surface area contributed by atoms with E-state index in [0.717, 1.165) is 51.4 Å². The zero-order valence-electron chi connectivity index (χ0n) is 40.2. The topological polar surface area (TPSA) is 117 Å². The number of hydrogen-bond donors (Lipinski definition) is 2. The van der Waals surface area contributed by atoms with E-state index >= 15 is 0 Å². The summed E-state index contributed by atoms with van der Waals surface area (Å²) < 4.78 is 33.6. The van der Waals surface area contributed by atoms with Crippen molar-refractivity contribution >= 4 is 13.8 Å². The highest BCUT2D eigenvalue weighted by Gasteiger charge is 2.25. The average molecular weight is 882 g/mol. The van der Waals surface area contributed by atoms with Crippen molar-refractivity contribution in [2.45, 2.75) is 258 Å². The van der Waals surface area contributed by atoms with E-state index in [1.165, 1.54) is 180 Å². The quantitative estimate of drug-likeness (QED) is 0.0268. The summed E-state index contributed by atoms with van der Waals surface area (Å²) in [5.41, 5.74) is 5.39. The third-order valence-corrected chi connectivity index (χ3v) is 12.3. The van der Waals surface area contributed by atoms with Gasteiger partial charge in [-0.2, -0.15) is 0 Å². The lowest BCUT2D eigenvalue weighted by molar-refractivity contribution is -0.154. The van der Waals surface area contributed by atoms with Crippen molar-refractivity contribution in [3.05, 3.63) is 36.5 Å². The number of esters is 1. The minimum atomic E-state index is -4.28. The Bertz CT molecular complexity index is 1040. The summed E-state index contributed by atoms with van der Waals surface area (Å²) in [5, 5.41) is 0. The number of nitrogens with two attached hydrogens (primary N) is 1. The highest BCUT2D eigenvalue weighted by molar-refractivity contribution is 7.47. The summed E-state index contributed by atoms with van der Waals surface area (Å²) in [4.78, 5) is 22.6. The lowest BCUT2D eigenvalue weighted by Crippen LogP contribution is -2.28. The van der Waals surface area contributed by atoms with E-state index in [1.807, 2.05) is 0 Å². The van der Waals surface area contributed by atoms with E-state index in [0.29, 0.717) is 13.0 Å². The molecule has 61 heavy (non-hydrogen) atoms. The van der Waals surface area contributed by atoms with Gasteiger partial charge in [-0.1, -0.05) is 230 Å². The predicted octanol–water partition coefficient (Wildman–Crippen LogP) is 16.1. The van der Waals surface area contributed by atoms with Crippen LogP contribution in [0.4, 0.5) is 0 Å². The molecule has 0 aromatic heterocycles. The molecule has 0 rings (SSSR count). The normalized spacial score (nSPS) is 13.6. The molecule has 0 bridgehead atoms. The van der Waals surface area contributed by atoms with Crippen LogP contribution in [0.15, 0.2) is 36.5 Å². The summed E-state index contributed by atoms with van der Waals surface area (Å²) in [5.74, 6) is -0.329.